The Morgan fingerprint density at radius 3 is 2.38 bits per heavy atom. The number of ether oxygens (including phenoxy) is 1. The molecular formula is C38H66O2. The zero-order valence-electron chi connectivity index (χ0n) is 27.2. The summed E-state index contributed by atoms with van der Waals surface area (Å²) >= 11 is 0. The van der Waals surface area contributed by atoms with Crippen molar-refractivity contribution >= 4 is 5.97 Å². The topological polar surface area (TPSA) is 26.3 Å². The van der Waals surface area contributed by atoms with Crippen LogP contribution in [-0.4, -0.2) is 12.6 Å². The summed E-state index contributed by atoms with van der Waals surface area (Å²) in [5, 5.41) is 0. The molecule has 230 valence electrons. The normalized spacial score (nSPS) is 36.6. The summed E-state index contributed by atoms with van der Waals surface area (Å²) < 4.78 is 5.65. The van der Waals surface area contributed by atoms with Crippen molar-refractivity contribution in [2.75, 3.05) is 6.61 Å². The summed E-state index contributed by atoms with van der Waals surface area (Å²) in [6, 6.07) is 0. The van der Waals surface area contributed by atoms with Crippen LogP contribution in [0, 0.1) is 52.3 Å². The van der Waals surface area contributed by atoms with E-state index in [4.69, 9.17) is 4.74 Å². The molecule has 4 fully saturated rings. The molecule has 0 amide bonds. The van der Waals surface area contributed by atoms with Gasteiger partial charge in [-0.25, -0.2) is 0 Å². The van der Waals surface area contributed by atoms with Crippen LogP contribution in [0.25, 0.3) is 0 Å². The van der Waals surface area contributed by atoms with Crippen LogP contribution in [0.5, 0.6) is 0 Å². The molecule has 0 aliphatic heterocycles. The molecule has 0 aromatic rings. The third-order valence-electron chi connectivity index (χ3n) is 13.3. The van der Waals surface area contributed by atoms with Crippen molar-refractivity contribution in [3.8, 4) is 0 Å². The summed E-state index contributed by atoms with van der Waals surface area (Å²) in [4.78, 5) is 12.2. The molecule has 4 aliphatic carbocycles. The monoisotopic (exact) mass is 555 g/mol. The highest BCUT2D eigenvalue weighted by Gasteiger charge is 2.60. The molecule has 9 atom stereocenters. The van der Waals surface area contributed by atoms with Crippen LogP contribution < -0.4 is 0 Å². The van der Waals surface area contributed by atoms with E-state index in [0.29, 0.717) is 29.8 Å². The maximum absolute atomic E-state index is 12.2. The second-order valence-electron chi connectivity index (χ2n) is 15.8. The number of hydrogen-bond donors (Lipinski definition) is 0. The second kappa shape index (κ2) is 15.1. The molecule has 0 aromatic heterocycles. The lowest BCUT2D eigenvalue weighted by molar-refractivity contribution is -0.145. The van der Waals surface area contributed by atoms with Gasteiger partial charge in [0.05, 0.1) is 6.61 Å². The Morgan fingerprint density at radius 1 is 0.825 bits per heavy atom. The molecule has 4 aliphatic rings. The average molecular weight is 555 g/mol. The first kappa shape index (κ1) is 32.1. The molecule has 0 bridgehead atoms. The van der Waals surface area contributed by atoms with E-state index in [1.54, 1.807) is 6.42 Å². The number of fused-ring (bicyclic) bond motifs is 5. The molecule has 0 spiro atoms. The first-order valence-corrected chi connectivity index (χ1v) is 18.1. The fourth-order valence-electron chi connectivity index (χ4n) is 10.9. The van der Waals surface area contributed by atoms with Gasteiger partial charge in [-0.3, -0.25) is 4.79 Å². The van der Waals surface area contributed by atoms with Crippen molar-refractivity contribution < 1.29 is 9.53 Å². The van der Waals surface area contributed by atoms with Gasteiger partial charge in [0.1, 0.15) is 0 Å². The SMILES string of the molecule is C=CCCCCCCCCC(=O)OCC(C)CCC[C@@H](C)[C@H]1CC[C@H]2[C@@H]3CCC4CCCC[C@]4(C)[C@H]3CC[C@]12C. The first-order valence-electron chi connectivity index (χ1n) is 18.1. The Hall–Kier alpha value is -0.790. The van der Waals surface area contributed by atoms with Crippen molar-refractivity contribution in [2.45, 2.75) is 163 Å². The highest BCUT2D eigenvalue weighted by molar-refractivity contribution is 5.69. The largest absolute Gasteiger partial charge is 0.465 e. The van der Waals surface area contributed by atoms with E-state index in [1.807, 2.05) is 6.08 Å². The average Bonchev–Trinajstić information content (AvgIpc) is 3.30. The van der Waals surface area contributed by atoms with Gasteiger partial charge in [0.2, 0.25) is 0 Å². The van der Waals surface area contributed by atoms with E-state index < -0.39 is 0 Å². The standard InChI is InChI=1S/C38H66O2/c1-6-7-8-9-10-11-12-13-20-36(39)40-28-29(2)17-16-18-30(3)33-23-24-34-32-22-21-31-19-14-15-26-37(31,4)35(32)25-27-38(33,34)5/h6,29-35H,1,7-28H2,2-5H3/t29?,30-,31?,32+,33-,34+,35+,37+,38-/m1/s1. The minimum atomic E-state index is 0.0171. The van der Waals surface area contributed by atoms with Gasteiger partial charge in [-0.1, -0.05) is 85.1 Å². The summed E-state index contributed by atoms with van der Waals surface area (Å²) in [7, 11) is 0. The quantitative estimate of drug-likeness (QED) is 0.108. The van der Waals surface area contributed by atoms with Crippen LogP contribution >= 0.6 is 0 Å². The van der Waals surface area contributed by atoms with Crippen molar-refractivity contribution in [3.63, 3.8) is 0 Å². The predicted molar refractivity (Wildman–Crippen MR) is 170 cm³/mol. The van der Waals surface area contributed by atoms with Gasteiger partial charge in [0.15, 0.2) is 0 Å². The summed E-state index contributed by atoms with van der Waals surface area (Å²) in [5.74, 6) is 6.33. The van der Waals surface area contributed by atoms with Crippen LogP contribution in [0.15, 0.2) is 12.7 Å². The van der Waals surface area contributed by atoms with Crippen molar-refractivity contribution in [1.29, 1.82) is 0 Å². The number of carbonyl (C=O) groups is 1. The molecule has 0 saturated heterocycles. The number of esters is 1. The third-order valence-corrected chi connectivity index (χ3v) is 13.3. The summed E-state index contributed by atoms with van der Waals surface area (Å²) in [5.41, 5.74) is 1.25. The molecule has 0 N–H and O–H groups in total. The number of rotatable bonds is 16. The van der Waals surface area contributed by atoms with Gasteiger partial charge in [-0.15, -0.1) is 6.58 Å². The maximum atomic E-state index is 12.2. The lowest BCUT2D eigenvalue weighted by Gasteiger charge is -2.61. The molecular weight excluding hydrogens is 488 g/mol. The lowest BCUT2D eigenvalue weighted by Crippen LogP contribution is -2.53. The highest BCUT2D eigenvalue weighted by Crippen LogP contribution is 2.68. The van der Waals surface area contributed by atoms with Crippen molar-refractivity contribution in [1.82, 2.24) is 0 Å². The van der Waals surface area contributed by atoms with Crippen LogP contribution in [0.4, 0.5) is 0 Å². The second-order valence-corrected chi connectivity index (χ2v) is 15.8. The molecule has 2 nitrogen and oxygen atoms in total. The van der Waals surface area contributed by atoms with Crippen LogP contribution in [0.1, 0.15) is 163 Å². The van der Waals surface area contributed by atoms with Gasteiger partial charge in [0, 0.05) is 6.42 Å². The molecule has 0 radical (unpaired) electrons. The Bertz CT molecular complexity index is 788. The minimum Gasteiger partial charge on any atom is -0.465 e. The predicted octanol–water partition coefficient (Wildman–Crippen LogP) is 11.3. The number of carbonyl (C=O) groups excluding carboxylic acids is 1. The molecule has 0 heterocycles. The van der Waals surface area contributed by atoms with Crippen molar-refractivity contribution in [2.24, 2.45) is 52.3 Å². The van der Waals surface area contributed by atoms with Crippen LogP contribution in [-0.2, 0) is 9.53 Å². The van der Waals surface area contributed by atoms with E-state index in [9.17, 15) is 4.79 Å². The van der Waals surface area contributed by atoms with Gasteiger partial charge in [0.25, 0.3) is 0 Å². The molecule has 40 heavy (non-hydrogen) atoms. The Balaban J connectivity index is 1.12. The van der Waals surface area contributed by atoms with Crippen LogP contribution in [0.2, 0.25) is 0 Å². The Morgan fingerprint density at radius 2 is 1.57 bits per heavy atom. The van der Waals surface area contributed by atoms with Gasteiger partial charge < -0.3 is 4.74 Å². The maximum Gasteiger partial charge on any atom is 0.305 e. The summed E-state index contributed by atoms with van der Waals surface area (Å²) in [6.45, 7) is 14.7. The molecule has 4 rings (SSSR count). The first-order chi connectivity index (χ1) is 19.3. The van der Waals surface area contributed by atoms with Gasteiger partial charge in [-0.2, -0.15) is 0 Å². The molecule has 2 unspecified atom stereocenters. The minimum absolute atomic E-state index is 0.0171. The van der Waals surface area contributed by atoms with Crippen molar-refractivity contribution in [3.05, 3.63) is 12.7 Å². The van der Waals surface area contributed by atoms with E-state index in [1.165, 1.54) is 103 Å². The van der Waals surface area contributed by atoms with E-state index in [0.717, 1.165) is 54.8 Å². The molecule has 4 saturated carbocycles. The highest BCUT2D eigenvalue weighted by atomic mass is 16.5. The van der Waals surface area contributed by atoms with E-state index >= 15 is 0 Å². The smallest absolute Gasteiger partial charge is 0.305 e. The fourth-order valence-corrected chi connectivity index (χ4v) is 10.9. The molecule has 2 heteroatoms. The Labute approximate surface area is 249 Å². The van der Waals surface area contributed by atoms with Crippen LogP contribution in [0.3, 0.4) is 0 Å². The zero-order valence-corrected chi connectivity index (χ0v) is 27.2. The lowest BCUT2D eigenvalue weighted by atomic mass is 9.44. The summed E-state index contributed by atoms with van der Waals surface area (Å²) in [6.07, 6.45) is 29.9. The van der Waals surface area contributed by atoms with E-state index in [2.05, 4.69) is 34.3 Å². The van der Waals surface area contributed by atoms with Gasteiger partial charge >= 0.3 is 5.97 Å². The Kier molecular flexibility index (Phi) is 12.1. The van der Waals surface area contributed by atoms with Gasteiger partial charge in [-0.05, 0) is 129 Å². The molecule has 0 aromatic carbocycles. The van der Waals surface area contributed by atoms with E-state index in [-0.39, 0.29) is 5.97 Å². The number of unbranched alkanes of at least 4 members (excludes halogenated alkanes) is 6. The zero-order chi connectivity index (χ0) is 28.6. The fraction of sp³-hybridized carbons (Fsp3) is 0.921. The number of allylic oxidation sites excluding steroid dienone is 1. The third kappa shape index (κ3) is 7.58. The number of hydrogen-bond acceptors (Lipinski definition) is 2.